The molecule has 6 nitrogen and oxygen atoms in total. The van der Waals surface area contributed by atoms with Crippen LogP contribution in [0.5, 0.6) is 11.6 Å². The first kappa shape index (κ1) is 14.5. The Bertz CT molecular complexity index is 668. The number of hydrogen-bond acceptors (Lipinski definition) is 5. The molecule has 6 heteroatoms. The predicted octanol–water partition coefficient (Wildman–Crippen LogP) is 2.11. The van der Waals surface area contributed by atoms with Crippen molar-refractivity contribution in [2.45, 2.75) is 13.2 Å². The summed E-state index contributed by atoms with van der Waals surface area (Å²) in [5.74, 6) is 1.28. The molecular weight excluding hydrogens is 268 g/mol. The van der Waals surface area contributed by atoms with Crippen molar-refractivity contribution in [3.63, 3.8) is 0 Å². The molecule has 1 aromatic heterocycles. The van der Waals surface area contributed by atoms with E-state index < -0.39 is 0 Å². The highest BCUT2D eigenvalue weighted by Crippen LogP contribution is 2.24. The minimum absolute atomic E-state index is 0.229. The van der Waals surface area contributed by atoms with E-state index in [9.17, 15) is 0 Å². The van der Waals surface area contributed by atoms with Crippen molar-refractivity contribution in [2.24, 2.45) is 0 Å². The molecular formula is C15H16N4O2. The quantitative estimate of drug-likeness (QED) is 0.821. The number of hydrogen-bond donors (Lipinski definition) is 1. The number of anilines is 1. The van der Waals surface area contributed by atoms with Gasteiger partial charge in [-0.15, -0.1) is 11.7 Å². The van der Waals surface area contributed by atoms with Gasteiger partial charge in [-0.25, -0.2) is 4.68 Å². The lowest BCUT2D eigenvalue weighted by molar-refractivity contribution is 0.289. The second kappa shape index (κ2) is 6.48. The van der Waals surface area contributed by atoms with Gasteiger partial charge in [0.15, 0.2) is 5.56 Å². The molecule has 108 valence electrons. The lowest BCUT2D eigenvalue weighted by atomic mass is 10.2. The van der Waals surface area contributed by atoms with E-state index in [0.29, 0.717) is 13.2 Å². The van der Waals surface area contributed by atoms with Crippen LogP contribution in [-0.4, -0.2) is 16.9 Å². The van der Waals surface area contributed by atoms with Gasteiger partial charge in [-0.3, -0.25) is 0 Å². The number of aromatic nitrogens is 2. The molecule has 2 rings (SSSR count). The van der Waals surface area contributed by atoms with E-state index in [2.05, 4.69) is 11.7 Å². The van der Waals surface area contributed by atoms with Gasteiger partial charge in [0.05, 0.1) is 13.7 Å². The number of nitrogens with zero attached hydrogens (tertiary/aromatic N) is 3. The van der Waals surface area contributed by atoms with Crippen molar-refractivity contribution in [1.82, 2.24) is 9.78 Å². The maximum atomic E-state index is 9.14. The summed E-state index contributed by atoms with van der Waals surface area (Å²) in [7, 11) is 1.61. The molecule has 1 aromatic carbocycles. The molecule has 0 fully saturated rings. The molecule has 0 amide bonds. The zero-order chi connectivity index (χ0) is 15.2. The van der Waals surface area contributed by atoms with Crippen LogP contribution in [-0.2, 0) is 13.2 Å². The largest absolute Gasteiger partial charge is 0.497 e. The Morgan fingerprint density at radius 2 is 2.14 bits per heavy atom. The van der Waals surface area contributed by atoms with E-state index in [4.69, 9.17) is 20.5 Å². The topological polar surface area (TPSA) is 86.1 Å². The molecule has 0 saturated heterocycles. The fourth-order valence-electron chi connectivity index (χ4n) is 1.79. The van der Waals surface area contributed by atoms with E-state index in [0.717, 1.165) is 11.3 Å². The summed E-state index contributed by atoms with van der Waals surface area (Å²) in [4.78, 5) is 0. The normalized spacial score (nSPS) is 9.90. The Morgan fingerprint density at radius 1 is 1.43 bits per heavy atom. The first-order valence-electron chi connectivity index (χ1n) is 6.32. The molecule has 0 aliphatic carbocycles. The van der Waals surface area contributed by atoms with Crippen LogP contribution >= 0.6 is 0 Å². The van der Waals surface area contributed by atoms with Crippen LogP contribution in [0.4, 0.5) is 5.82 Å². The van der Waals surface area contributed by atoms with Gasteiger partial charge >= 0.3 is 0 Å². The van der Waals surface area contributed by atoms with Gasteiger partial charge in [0.2, 0.25) is 0 Å². The molecule has 0 unspecified atom stereocenters. The number of nitrogens with two attached hydrogens (primary N) is 1. The van der Waals surface area contributed by atoms with Crippen molar-refractivity contribution >= 4 is 5.82 Å². The van der Waals surface area contributed by atoms with E-state index >= 15 is 0 Å². The maximum absolute atomic E-state index is 9.14. The fraction of sp³-hybridized carbons (Fsp3) is 0.200. The number of benzene rings is 1. The number of methoxy groups -OCH3 is 1. The Kier molecular flexibility index (Phi) is 4.46. The third-order valence-corrected chi connectivity index (χ3v) is 2.91. The van der Waals surface area contributed by atoms with Crippen LogP contribution in [0, 0.1) is 11.3 Å². The van der Waals surface area contributed by atoms with E-state index in [-0.39, 0.29) is 17.3 Å². The van der Waals surface area contributed by atoms with Crippen LogP contribution in [0.25, 0.3) is 0 Å². The minimum atomic E-state index is 0.229. The number of rotatable bonds is 6. The Balaban J connectivity index is 2.13. The molecule has 0 saturated carbocycles. The van der Waals surface area contributed by atoms with E-state index in [1.54, 1.807) is 13.2 Å². The SMILES string of the molecule is C=CCn1nc(OCc2ccc(OC)cc2)c(C#N)c1N. The second-order valence-corrected chi connectivity index (χ2v) is 4.28. The fourth-order valence-corrected chi connectivity index (χ4v) is 1.79. The van der Waals surface area contributed by atoms with Gasteiger partial charge in [0.25, 0.3) is 5.88 Å². The van der Waals surface area contributed by atoms with Crippen molar-refractivity contribution in [2.75, 3.05) is 12.8 Å². The molecule has 0 spiro atoms. The second-order valence-electron chi connectivity index (χ2n) is 4.28. The van der Waals surface area contributed by atoms with Crippen LogP contribution in [0.3, 0.4) is 0 Å². The smallest absolute Gasteiger partial charge is 0.253 e. The van der Waals surface area contributed by atoms with E-state index in [1.165, 1.54) is 4.68 Å². The Hall–Kier alpha value is -2.94. The zero-order valence-electron chi connectivity index (χ0n) is 11.7. The third-order valence-electron chi connectivity index (χ3n) is 2.91. The molecule has 2 N–H and O–H groups in total. The summed E-state index contributed by atoms with van der Waals surface area (Å²) in [5, 5.41) is 13.3. The average molecular weight is 284 g/mol. The lowest BCUT2D eigenvalue weighted by Gasteiger charge is -2.04. The summed E-state index contributed by atoms with van der Waals surface area (Å²) in [6.07, 6.45) is 1.65. The Labute approximate surface area is 123 Å². The number of nitrogen functional groups attached to an aromatic ring is 1. The molecule has 0 bridgehead atoms. The van der Waals surface area contributed by atoms with E-state index in [1.807, 2.05) is 30.3 Å². The molecule has 21 heavy (non-hydrogen) atoms. The van der Waals surface area contributed by atoms with Gasteiger partial charge in [-0.2, -0.15) is 5.26 Å². The molecule has 0 aliphatic heterocycles. The molecule has 0 radical (unpaired) electrons. The summed E-state index contributed by atoms with van der Waals surface area (Å²) in [6.45, 7) is 4.34. The first-order chi connectivity index (χ1) is 10.2. The highest BCUT2D eigenvalue weighted by Gasteiger charge is 2.16. The average Bonchev–Trinajstić information content (AvgIpc) is 2.81. The number of nitriles is 1. The van der Waals surface area contributed by atoms with Crippen LogP contribution in [0.2, 0.25) is 0 Å². The summed E-state index contributed by atoms with van der Waals surface area (Å²) >= 11 is 0. The predicted molar refractivity (Wildman–Crippen MR) is 78.9 cm³/mol. The summed E-state index contributed by atoms with van der Waals surface area (Å²) < 4.78 is 12.2. The molecule has 0 atom stereocenters. The van der Waals surface area contributed by atoms with Crippen molar-refractivity contribution < 1.29 is 9.47 Å². The summed E-state index contributed by atoms with van der Waals surface area (Å²) in [5.41, 5.74) is 7.02. The monoisotopic (exact) mass is 284 g/mol. The standard InChI is InChI=1S/C15H16N4O2/c1-3-8-19-14(17)13(9-16)15(18-19)21-10-11-4-6-12(20-2)7-5-11/h3-7H,1,8,10,17H2,2H3. The summed E-state index contributed by atoms with van der Waals surface area (Å²) in [6, 6.07) is 9.46. The highest BCUT2D eigenvalue weighted by atomic mass is 16.5. The van der Waals surface area contributed by atoms with Crippen LogP contribution in [0.15, 0.2) is 36.9 Å². The van der Waals surface area contributed by atoms with Gasteiger partial charge in [0, 0.05) is 0 Å². The van der Waals surface area contributed by atoms with Crippen molar-refractivity contribution in [3.8, 4) is 17.7 Å². The first-order valence-corrected chi connectivity index (χ1v) is 6.32. The van der Waals surface area contributed by atoms with Gasteiger partial charge < -0.3 is 15.2 Å². The minimum Gasteiger partial charge on any atom is -0.497 e. The third kappa shape index (κ3) is 3.15. The number of ether oxygens (including phenoxy) is 2. The van der Waals surface area contributed by atoms with Gasteiger partial charge in [0.1, 0.15) is 24.2 Å². The molecule has 1 heterocycles. The van der Waals surface area contributed by atoms with Crippen LogP contribution in [0.1, 0.15) is 11.1 Å². The highest BCUT2D eigenvalue weighted by molar-refractivity contribution is 5.55. The molecule has 2 aromatic rings. The van der Waals surface area contributed by atoms with Crippen molar-refractivity contribution in [1.29, 1.82) is 5.26 Å². The van der Waals surface area contributed by atoms with Gasteiger partial charge in [-0.1, -0.05) is 18.2 Å². The zero-order valence-corrected chi connectivity index (χ0v) is 11.7. The lowest BCUT2D eigenvalue weighted by Crippen LogP contribution is -2.03. The number of allylic oxidation sites excluding steroid dienone is 1. The van der Waals surface area contributed by atoms with Crippen LogP contribution < -0.4 is 15.2 Å². The Morgan fingerprint density at radius 3 is 2.71 bits per heavy atom. The van der Waals surface area contributed by atoms with Crippen molar-refractivity contribution in [3.05, 3.63) is 48.0 Å². The van der Waals surface area contributed by atoms with Gasteiger partial charge in [-0.05, 0) is 17.7 Å². The molecule has 0 aliphatic rings. The maximum Gasteiger partial charge on any atom is 0.253 e.